The molecule has 0 atom stereocenters. The quantitative estimate of drug-likeness (QED) is 0.671. The van der Waals surface area contributed by atoms with Crippen molar-refractivity contribution in [1.82, 2.24) is 9.55 Å². The van der Waals surface area contributed by atoms with Gasteiger partial charge in [0.1, 0.15) is 5.82 Å². The maximum Gasteiger partial charge on any atom is 0.110 e. The van der Waals surface area contributed by atoms with Gasteiger partial charge in [-0.25, -0.2) is 4.98 Å². The van der Waals surface area contributed by atoms with Gasteiger partial charge in [-0.3, -0.25) is 4.57 Å². The fourth-order valence-corrected chi connectivity index (χ4v) is 2.91. The van der Waals surface area contributed by atoms with Gasteiger partial charge in [-0.2, -0.15) is 0 Å². The number of rotatable bonds is 4. The van der Waals surface area contributed by atoms with Crippen molar-refractivity contribution in [3.8, 4) is 5.69 Å². The molecule has 0 saturated carbocycles. The minimum Gasteiger partial charge on any atom is -0.379 e. The number of aromatic nitrogens is 2. The van der Waals surface area contributed by atoms with Gasteiger partial charge in [-0.05, 0) is 53.8 Å². The molecular weight excluding hydrogens is 373 g/mol. The lowest BCUT2D eigenvalue weighted by Crippen LogP contribution is -2.08. The molecule has 1 N–H and O–H groups in total. The van der Waals surface area contributed by atoms with E-state index in [-0.39, 0.29) is 0 Å². The fraction of sp³-hybridized carbons (Fsp3) is 0.118. The van der Waals surface area contributed by atoms with E-state index in [1.807, 2.05) is 43.5 Å². The number of anilines is 1. The summed E-state index contributed by atoms with van der Waals surface area (Å²) in [5.41, 5.74) is 3.45. The molecule has 3 aromatic rings. The second-order valence-electron chi connectivity index (χ2n) is 4.80. The average molecular weight is 389 g/mol. The highest BCUT2D eigenvalue weighted by molar-refractivity contribution is 14.1. The first-order chi connectivity index (χ1) is 10.3. The van der Waals surface area contributed by atoms with E-state index in [0.717, 1.165) is 29.4 Å². The van der Waals surface area contributed by atoms with E-state index in [0.29, 0.717) is 0 Å². The molecule has 106 valence electrons. The highest BCUT2D eigenvalue weighted by Gasteiger charge is 2.08. The zero-order valence-corrected chi connectivity index (χ0v) is 13.9. The van der Waals surface area contributed by atoms with Gasteiger partial charge in [-0.15, -0.1) is 0 Å². The van der Waals surface area contributed by atoms with E-state index < -0.39 is 0 Å². The van der Waals surface area contributed by atoms with E-state index in [9.17, 15) is 0 Å². The summed E-state index contributed by atoms with van der Waals surface area (Å²) in [6.45, 7) is 2.78. The van der Waals surface area contributed by atoms with Crippen molar-refractivity contribution in [2.24, 2.45) is 0 Å². The number of imidazole rings is 1. The Morgan fingerprint density at radius 3 is 2.52 bits per heavy atom. The van der Waals surface area contributed by atoms with Crippen molar-refractivity contribution in [2.45, 2.75) is 13.5 Å². The molecule has 1 aromatic heterocycles. The molecular formula is C17H16IN3. The Balaban J connectivity index is 1.86. The van der Waals surface area contributed by atoms with E-state index in [4.69, 9.17) is 0 Å². The summed E-state index contributed by atoms with van der Waals surface area (Å²) < 4.78 is 3.40. The van der Waals surface area contributed by atoms with Crippen LogP contribution >= 0.6 is 22.6 Å². The molecule has 0 amide bonds. The van der Waals surface area contributed by atoms with Crippen LogP contribution in [0.25, 0.3) is 5.69 Å². The summed E-state index contributed by atoms with van der Waals surface area (Å²) >= 11 is 2.34. The van der Waals surface area contributed by atoms with Crippen molar-refractivity contribution in [3.63, 3.8) is 0 Å². The molecule has 0 aliphatic heterocycles. The van der Waals surface area contributed by atoms with E-state index >= 15 is 0 Å². The monoisotopic (exact) mass is 389 g/mol. The van der Waals surface area contributed by atoms with E-state index in [1.54, 1.807) is 0 Å². The Kier molecular flexibility index (Phi) is 4.24. The number of hydrogen-bond donors (Lipinski definition) is 1. The lowest BCUT2D eigenvalue weighted by Gasteiger charge is -2.12. The lowest BCUT2D eigenvalue weighted by atomic mass is 10.3. The van der Waals surface area contributed by atoms with Crippen LogP contribution in [-0.2, 0) is 6.54 Å². The molecule has 0 saturated heterocycles. The largest absolute Gasteiger partial charge is 0.379 e. The fourth-order valence-electron chi connectivity index (χ4n) is 2.34. The smallest absolute Gasteiger partial charge is 0.110 e. The summed E-state index contributed by atoms with van der Waals surface area (Å²) in [5.74, 6) is 1.00. The van der Waals surface area contributed by atoms with Crippen LogP contribution in [0.5, 0.6) is 0 Å². The number of para-hydroxylation sites is 2. The molecule has 1 heterocycles. The van der Waals surface area contributed by atoms with Gasteiger partial charge in [0.25, 0.3) is 0 Å². The number of nitrogens with zero attached hydrogens (tertiary/aromatic N) is 2. The maximum absolute atomic E-state index is 4.45. The zero-order chi connectivity index (χ0) is 14.7. The van der Waals surface area contributed by atoms with Gasteiger partial charge in [-0.1, -0.05) is 30.3 Å². The van der Waals surface area contributed by atoms with Gasteiger partial charge >= 0.3 is 0 Å². The van der Waals surface area contributed by atoms with Crippen LogP contribution in [0, 0.1) is 10.5 Å². The van der Waals surface area contributed by atoms with E-state index in [1.165, 1.54) is 3.57 Å². The number of halogens is 1. The topological polar surface area (TPSA) is 29.9 Å². The summed E-state index contributed by atoms with van der Waals surface area (Å²) in [6, 6.07) is 18.6. The second-order valence-corrected chi connectivity index (χ2v) is 5.96. The average Bonchev–Trinajstić information content (AvgIpc) is 2.88. The van der Waals surface area contributed by atoms with Crippen LogP contribution in [0.3, 0.4) is 0 Å². The van der Waals surface area contributed by atoms with Crippen molar-refractivity contribution < 1.29 is 0 Å². The first-order valence-corrected chi connectivity index (χ1v) is 7.90. The highest BCUT2D eigenvalue weighted by Crippen LogP contribution is 2.19. The Labute approximate surface area is 138 Å². The summed E-state index contributed by atoms with van der Waals surface area (Å²) in [6.07, 6.45) is 1.94. The van der Waals surface area contributed by atoms with Crippen LogP contribution in [0.15, 0.2) is 60.8 Å². The number of benzene rings is 2. The Bertz CT molecular complexity index is 735. The number of nitrogens with one attached hydrogen (secondary N) is 1. The predicted octanol–water partition coefficient (Wildman–Crippen LogP) is 4.40. The minimum absolute atomic E-state index is 0.746. The molecule has 0 bridgehead atoms. The predicted molar refractivity (Wildman–Crippen MR) is 94.8 cm³/mol. The summed E-state index contributed by atoms with van der Waals surface area (Å²) in [5, 5.41) is 3.48. The van der Waals surface area contributed by atoms with Crippen molar-refractivity contribution in [1.29, 1.82) is 0 Å². The van der Waals surface area contributed by atoms with Crippen molar-refractivity contribution in [2.75, 3.05) is 5.32 Å². The third kappa shape index (κ3) is 3.10. The van der Waals surface area contributed by atoms with Gasteiger partial charge in [0.2, 0.25) is 0 Å². The van der Waals surface area contributed by atoms with E-state index in [2.05, 4.69) is 61.7 Å². The minimum atomic E-state index is 0.746. The highest BCUT2D eigenvalue weighted by atomic mass is 127. The second kappa shape index (κ2) is 6.30. The molecule has 0 spiro atoms. The van der Waals surface area contributed by atoms with Gasteiger partial charge < -0.3 is 5.32 Å². The van der Waals surface area contributed by atoms with Crippen molar-refractivity contribution in [3.05, 3.63) is 75.9 Å². The first-order valence-electron chi connectivity index (χ1n) is 6.83. The molecule has 0 fully saturated rings. The van der Waals surface area contributed by atoms with Gasteiger partial charge in [0.05, 0.1) is 18.4 Å². The summed E-state index contributed by atoms with van der Waals surface area (Å²) in [4.78, 5) is 4.45. The third-order valence-corrected chi connectivity index (χ3v) is 4.30. The van der Waals surface area contributed by atoms with Crippen LogP contribution < -0.4 is 5.32 Å². The maximum atomic E-state index is 4.45. The molecule has 2 aromatic carbocycles. The molecule has 3 rings (SSSR count). The Morgan fingerprint density at radius 1 is 1.05 bits per heavy atom. The normalized spacial score (nSPS) is 10.6. The molecule has 0 aliphatic carbocycles. The van der Waals surface area contributed by atoms with Crippen molar-refractivity contribution >= 4 is 28.3 Å². The molecule has 4 heteroatoms. The first kappa shape index (κ1) is 14.1. The molecule has 21 heavy (non-hydrogen) atoms. The molecule has 0 radical (unpaired) electrons. The Hall–Kier alpha value is -1.82. The standard InChI is InChI=1S/C17H16IN3/c1-13-19-11-15(21(13)14-7-3-2-4-8-14)12-20-17-10-6-5-9-16(17)18/h2-11,20H,12H2,1H3. The summed E-state index contributed by atoms with van der Waals surface area (Å²) in [7, 11) is 0. The van der Waals surface area contributed by atoms with Crippen LogP contribution in [-0.4, -0.2) is 9.55 Å². The van der Waals surface area contributed by atoms with Crippen LogP contribution in [0.1, 0.15) is 11.5 Å². The molecule has 3 nitrogen and oxygen atoms in total. The molecule has 0 unspecified atom stereocenters. The van der Waals surface area contributed by atoms with Crippen LogP contribution in [0.4, 0.5) is 5.69 Å². The zero-order valence-electron chi connectivity index (χ0n) is 11.8. The van der Waals surface area contributed by atoms with Gasteiger partial charge in [0, 0.05) is 14.9 Å². The SMILES string of the molecule is Cc1ncc(CNc2ccccc2I)n1-c1ccccc1. The third-order valence-electron chi connectivity index (χ3n) is 3.36. The Morgan fingerprint density at radius 2 is 1.76 bits per heavy atom. The number of aryl methyl sites for hydroxylation is 1. The number of hydrogen-bond acceptors (Lipinski definition) is 2. The van der Waals surface area contributed by atoms with Crippen LogP contribution in [0.2, 0.25) is 0 Å². The lowest BCUT2D eigenvalue weighted by molar-refractivity contribution is 0.900. The molecule has 0 aliphatic rings. The van der Waals surface area contributed by atoms with Gasteiger partial charge in [0.15, 0.2) is 0 Å².